The molecule has 1 aliphatic heterocycles. The van der Waals surface area contributed by atoms with Crippen LogP contribution in [0.2, 0.25) is 10.0 Å². The number of hydrogen-bond acceptors (Lipinski definition) is 6. The van der Waals surface area contributed by atoms with Gasteiger partial charge in [0, 0.05) is 15.8 Å². The molecule has 1 aliphatic rings. The lowest BCUT2D eigenvalue weighted by atomic mass is 9.93. The molecule has 6 nitrogen and oxygen atoms in total. The van der Waals surface area contributed by atoms with Crippen molar-refractivity contribution in [2.24, 2.45) is 0 Å². The van der Waals surface area contributed by atoms with Gasteiger partial charge in [0.2, 0.25) is 11.1 Å². The quantitative estimate of drug-likeness (QED) is 0.205. The third-order valence-electron chi connectivity index (χ3n) is 5.66. The van der Waals surface area contributed by atoms with Crippen molar-refractivity contribution in [2.45, 2.75) is 23.9 Å². The van der Waals surface area contributed by atoms with Gasteiger partial charge in [-0.05, 0) is 47.9 Å². The Hall–Kier alpha value is -3.26. The summed E-state index contributed by atoms with van der Waals surface area (Å²) in [6, 6.07) is 24.2. The van der Waals surface area contributed by atoms with Crippen LogP contribution >= 0.6 is 35.0 Å². The van der Waals surface area contributed by atoms with E-state index in [2.05, 4.69) is 5.32 Å². The fourth-order valence-corrected chi connectivity index (χ4v) is 5.04. The SMILES string of the molecule is CCOC(=O)C1=C(c2ccccc2)Nc2nc(SCc3ccc(Cl)cc3)nn2[C@H]1c1ccc(Cl)cc1. The van der Waals surface area contributed by atoms with Crippen LogP contribution < -0.4 is 5.32 Å². The monoisotopic (exact) mass is 536 g/mol. The first-order valence-electron chi connectivity index (χ1n) is 11.4. The Morgan fingerprint density at radius 2 is 1.67 bits per heavy atom. The summed E-state index contributed by atoms with van der Waals surface area (Å²) in [5, 5.41) is 10.0. The number of benzene rings is 3. The molecule has 0 fully saturated rings. The number of carbonyl (C=O) groups is 1. The van der Waals surface area contributed by atoms with Crippen molar-refractivity contribution in [3.63, 3.8) is 0 Å². The minimum Gasteiger partial charge on any atom is -0.463 e. The van der Waals surface area contributed by atoms with E-state index in [-0.39, 0.29) is 6.61 Å². The van der Waals surface area contributed by atoms with E-state index in [0.717, 1.165) is 16.7 Å². The number of rotatable bonds is 7. The van der Waals surface area contributed by atoms with Gasteiger partial charge >= 0.3 is 5.97 Å². The van der Waals surface area contributed by atoms with Gasteiger partial charge in [-0.1, -0.05) is 89.6 Å². The largest absolute Gasteiger partial charge is 0.463 e. The highest BCUT2D eigenvalue weighted by atomic mass is 35.5. The zero-order chi connectivity index (χ0) is 25.1. The lowest BCUT2D eigenvalue weighted by molar-refractivity contribution is -0.138. The second-order valence-corrected chi connectivity index (χ2v) is 9.85. The first kappa shape index (κ1) is 24.4. The van der Waals surface area contributed by atoms with Crippen molar-refractivity contribution in [1.29, 1.82) is 0 Å². The molecule has 4 aromatic rings. The molecule has 0 bridgehead atoms. The smallest absolute Gasteiger partial charge is 0.338 e. The maximum atomic E-state index is 13.4. The molecule has 0 saturated carbocycles. The number of hydrogen-bond donors (Lipinski definition) is 1. The second-order valence-electron chi connectivity index (χ2n) is 8.03. The summed E-state index contributed by atoms with van der Waals surface area (Å²) in [6.45, 7) is 2.05. The Morgan fingerprint density at radius 1 is 1.00 bits per heavy atom. The summed E-state index contributed by atoms with van der Waals surface area (Å²) in [4.78, 5) is 18.1. The number of nitrogens with one attached hydrogen (secondary N) is 1. The van der Waals surface area contributed by atoms with Gasteiger partial charge in [0.15, 0.2) is 0 Å². The van der Waals surface area contributed by atoms with Crippen LogP contribution in [0.5, 0.6) is 0 Å². The van der Waals surface area contributed by atoms with Crippen molar-refractivity contribution in [3.8, 4) is 0 Å². The maximum absolute atomic E-state index is 13.4. The maximum Gasteiger partial charge on any atom is 0.338 e. The summed E-state index contributed by atoms with van der Waals surface area (Å²) in [5.41, 5.74) is 3.90. The van der Waals surface area contributed by atoms with Gasteiger partial charge in [-0.3, -0.25) is 0 Å². The highest BCUT2D eigenvalue weighted by molar-refractivity contribution is 7.98. The van der Waals surface area contributed by atoms with E-state index in [9.17, 15) is 4.79 Å². The molecule has 0 radical (unpaired) electrons. The lowest BCUT2D eigenvalue weighted by Gasteiger charge is -2.29. The van der Waals surface area contributed by atoms with Gasteiger partial charge in [0.05, 0.1) is 17.9 Å². The average Bonchev–Trinajstić information content (AvgIpc) is 3.31. The van der Waals surface area contributed by atoms with E-state index in [1.54, 1.807) is 23.7 Å². The molecular formula is C27H22Cl2N4O2S. The Balaban J connectivity index is 1.59. The average molecular weight is 537 g/mol. The molecule has 9 heteroatoms. The molecule has 0 unspecified atom stereocenters. The van der Waals surface area contributed by atoms with Gasteiger partial charge in [0.25, 0.3) is 0 Å². The van der Waals surface area contributed by atoms with Gasteiger partial charge in [-0.2, -0.15) is 4.98 Å². The van der Waals surface area contributed by atoms with E-state index in [4.69, 9.17) is 38.0 Å². The lowest BCUT2D eigenvalue weighted by Crippen LogP contribution is -2.30. The fraction of sp³-hybridized carbons (Fsp3) is 0.148. The number of fused-ring (bicyclic) bond motifs is 1. The molecule has 1 atom stereocenters. The predicted molar refractivity (Wildman–Crippen MR) is 144 cm³/mol. The van der Waals surface area contributed by atoms with E-state index < -0.39 is 12.0 Å². The van der Waals surface area contributed by atoms with Crippen LogP contribution in [0.3, 0.4) is 0 Å². The summed E-state index contributed by atoms with van der Waals surface area (Å²) < 4.78 is 7.25. The molecule has 1 N–H and O–H groups in total. The van der Waals surface area contributed by atoms with Crippen molar-refractivity contribution < 1.29 is 9.53 Å². The van der Waals surface area contributed by atoms with Crippen LogP contribution in [-0.2, 0) is 15.3 Å². The highest BCUT2D eigenvalue weighted by Crippen LogP contribution is 2.40. The van der Waals surface area contributed by atoms with E-state index >= 15 is 0 Å². The number of carbonyl (C=O) groups excluding carboxylic acids is 1. The molecule has 5 rings (SSSR count). The van der Waals surface area contributed by atoms with Crippen molar-refractivity contribution >= 4 is 52.6 Å². The summed E-state index contributed by atoms with van der Waals surface area (Å²) in [5.74, 6) is 0.802. The Morgan fingerprint density at radius 3 is 2.33 bits per heavy atom. The van der Waals surface area contributed by atoms with E-state index in [0.29, 0.717) is 38.2 Å². The van der Waals surface area contributed by atoms with Crippen LogP contribution in [0, 0.1) is 0 Å². The summed E-state index contributed by atoms with van der Waals surface area (Å²) in [7, 11) is 0. The van der Waals surface area contributed by atoms with E-state index in [1.807, 2.05) is 66.7 Å². The number of anilines is 1. The number of ether oxygens (including phenoxy) is 1. The third kappa shape index (κ3) is 5.14. The number of halogens is 2. The Labute approximate surface area is 223 Å². The number of thioether (sulfide) groups is 1. The number of esters is 1. The Bertz CT molecular complexity index is 1400. The first-order valence-corrected chi connectivity index (χ1v) is 13.1. The molecule has 36 heavy (non-hydrogen) atoms. The third-order valence-corrected chi connectivity index (χ3v) is 7.07. The molecule has 0 spiro atoms. The van der Waals surface area contributed by atoms with Crippen LogP contribution in [0.25, 0.3) is 5.70 Å². The van der Waals surface area contributed by atoms with Crippen LogP contribution in [0.1, 0.15) is 29.7 Å². The van der Waals surface area contributed by atoms with Gasteiger partial charge in [-0.15, -0.1) is 5.10 Å². The predicted octanol–water partition coefficient (Wildman–Crippen LogP) is 6.87. The number of nitrogens with zero attached hydrogens (tertiary/aromatic N) is 3. The summed E-state index contributed by atoms with van der Waals surface area (Å²) >= 11 is 13.7. The molecule has 0 amide bonds. The molecule has 2 heterocycles. The summed E-state index contributed by atoms with van der Waals surface area (Å²) in [6.07, 6.45) is 0. The molecule has 3 aromatic carbocycles. The minimum absolute atomic E-state index is 0.254. The molecule has 0 saturated heterocycles. The van der Waals surface area contributed by atoms with Crippen molar-refractivity contribution in [1.82, 2.24) is 14.8 Å². The molecule has 1 aromatic heterocycles. The molecule has 182 valence electrons. The normalized spacial score (nSPS) is 14.8. The zero-order valence-electron chi connectivity index (χ0n) is 19.3. The Kier molecular flexibility index (Phi) is 7.32. The topological polar surface area (TPSA) is 69.0 Å². The van der Waals surface area contributed by atoms with Crippen LogP contribution in [0.15, 0.2) is 89.6 Å². The standard InChI is InChI=1S/C27H22Cl2N4O2S/c1-2-35-25(34)22-23(18-6-4-3-5-7-18)30-26-31-27(36-16-17-8-12-20(28)13-9-17)32-33(26)24(22)19-10-14-21(29)15-11-19/h3-15,24H,2,16H2,1H3,(H,30,31,32)/t24-/m0/s1. The zero-order valence-corrected chi connectivity index (χ0v) is 21.6. The van der Waals surface area contributed by atoms with Gasteiger partial charge < -0.3 is 10.1 Å². The van der Waals surface area contributed by atoms with Crippen LogP contribution in [0.4, 0.5) is 5.95 Å². The molecular weight excluding hydrogens is 515 g/mol. The van der Waals surface area contributed by atoms with Crippen molar-refractivity contribution in [3.05, 3.63) is 111 Å². The second kappa shape index (κ2) is 10.8. The highest BCUT2D eigenvalue weighted by Gasteiger charge is 2.37. The number of aromatic nitrogens is 3. The molecule has 0 aliphatic carbocycles. The van der Waals surface area contributed by atoms with Gasteiger partial charge in [-0.25, -0.2) is 9.48 Å². The fourth-order valence-electron chi connectivity index (χ4n) is 4.00. The first-order chi connectivity index (χ1) is 17.5. The van der Waals surface area contributed by atoms with Crippen LogP contribution in [-0.4, -0.2) is 27.3 Å². The van der Waals surface area contributed by atoms with Gasteiger partial charge in [0.1, 0.15) is 6.04 Å². The van der Waals surface area contributed by atoms with Crippen molar-refractivity contribution in [2.75, 3.05) is 11.9 Å². The minimum atomic E-state index is -0.551. The van der Waals surface area contributed by atoms with E-state index in [1.165, 1.54) is 11.8 Å².